The van der Waals surface area contributed by atoms with Crippen LogP contribution in [-0.4, -0.2) is 24.3 Å². The lowest BCUT2D eigenvalue weighted by molar-refractivity contribution is -0.137. The number of rotatable bonds is 5. The van der Waals surface area contributed by atoms with Crippen molar-refractivity contribution in [2.24, 2.45) is 0 Å². The van der Waals surface area contributed by atoms with Crippen LogP contribution in [0.15, 0.2) is 16.5 Å². The van der Waals surface area contributed by atoms with Crippen LogP contribution in [-0.2, 0) is 14.9 Å². The summed E-state index contributed by atoms with van der Waals surface area (Å²) in [5, 5.41) is 8.62. The maximum atomic E-state index is 10.5. The van der Waals surface area contributed by atoms with Gasteiger partial charge in [0.25, 0.3) is 0 Å². The summed E-state index contributed by atoms with van der Waals surface area (Å²) in [5.41, 5.74) is -0.0797. The highest BCUT2D eigenvalue weighted by Gasteiger charge is 2.42. The zero-order valence-corrected chi connectivity index (χ0v) is 9.36. The van der Waals surface area contributed by atoms with Crippen molar-refractivity contribution in [3.05, 3.63) is 23.7 Å². The largest absolute Gasteiger partial charge is 0.481 e. The van der Waals surface area contributed by atoms with Crippen LogP contribution in [0.4, 0.5) is 0 Å². The Balaban J connectivity index is 1.99. The summed E-state index contributed by atoms with van der Waals surface area (Å²) in [7, 11) is 0. The van der Waals surface area contributed by atoms with Gasteiger partial charge in [-0.2, -0.15) is 0 Å². The van der Waals surface area contributed by atoms with E-state index in [4.69, 9.17) is 14.3 Å². The molecule has 0 atom stereocenters. The number of hydrogen-bond acceptors (Lipinski definition) is 3. The maximum Gasteiger partial charge on any atom is 0.303 e. The predicted octanol–water partition coefficient (Wildman–Crippen LogP) is 2.11. The van der Waals surface area contributed by atoms with E-state index in [2.05, 4.69) is 0 Å². The molecule has 0 amide bonds. The van der Waals surface area contributed by atoms with Gasteiger partial charge >= 0.3 is 5.97 Å². The number of hydrogen-bond donors (Lipinski definition) is 1. The molecule has 1 saturated heterocycles. The number of aliphatic carboxylic acids is 1. The first-order valence-corrected chi connectivity index (χ1v) is 5.49. The number of ether oxygens (including phenoxy) is 1. The summed E-state index contributed by atoms with van der Waals surface area (Å²) in [6.07, 6.45) is 1.69. The summed E-state index contributed by atoms with van der Waals surface area (Å²) in [4.78, 5) is 10.5. The molecule has 0 radical (unpaired) electrons. The van der Waals surface area contributed by atoms with Gasteiger partial charge in [0.15, 0.2) is 0 Å². The Morgan fingerprint density at radius 3 is 2.69 bits per heavy atom. The van der Waals surface area contributed by atoms with Crippen LogP contribution in [0.3, 0.4) is 0 Å². The van der Waals surface area contributed by atoms with Crippen molar-refractivity contribution in [1.82, 2.24) is 0 Å². The van der Waals surface area contributed by atoms with E-state index >= 15 is 0 Å². The number of carbonyl (C=O) groups is 1. The van der Waals surface area contributed by atoms with Gasteiger partial charge in [-0.25, -0.2) is 0 Å². The molecule has 0 aromatic carbocycles. The molecule has 0 spiro atoms. The highest BCUT2D eigenvalue weighted by atomic mass is 16.5. The molecule has 0 aliphatic carbocycles. The van der Waals surface area contributed by atoms with Crippen LogP contribution in [0.5, 0.6) is 0 Å². The van der Waals surface area contributed by atoms with Gasteiger partial charge in [0.1, 0.15) is 11.5 Å². The molecule has 88 valence electrons. The molecular weight excluding hydrogens is 208 g/mol. The van der Waals surface area contributed by atoms with E-state index in [1.807, 2.05) is 19.1 Å². The maximum absolute atomic E-state index is 10.5. The van der Waals surface area contributed by atoms with Gasteiger partial charge in [-0.1, -0.05) is 0 Å². The third-order valence-corrected chi connectivity index (χ3v) is 3.07. The number of carboxylic acids is 1. The summed E-state index contributed by atoms with van der Waals surface area (Å²) in [6.45, 7) is 3.19. The normalized spacial score (nSPS) is 18.1. The molecule has 0 saturated carbocycles. The summed E-state index contributed by atoms with van der Waals surface area (Å²) in [6, 6.07) is 3.91. The number of aryl methyl sites for hydroxylation is 1. The Kier molecular flexibility index (Phi) is 3.01. The molecule has 1 aromatic rings. The quantitative estimate of drug-likeness (QED) is 0.832. The second-order valence-corrected chi connectivity index (χ2v) is 4.43. The Bertz CT molecular complexity index is 376. The average molecular weight is 224 g/mol. The van der Waals surface area contributed by atoms with Crippen LogP contribution in [0, 0.1) is 6.92 Å². The van der Waals surface area contributed by atoms with Crippen LogP contribution >= 0.6 is 0 Å². The minimum atomic E-state index is -0.744. The summed E-state index contributed by atoms with van der Waals surface area (Å²) < 4.78 is 10.9. The molecule has 2 heterocycles. The van der Waals surface area contributed by atoms with Crippen molar-refractivity contribution < 1.29 is 19.1 Å². The Morgan fingerprint density at radius 1 is 1.50 bits per heavy atom. The second-order valence-electron chi connectivity index (χ2n) is 4.43. The van der Waals surface area contributed by atoms with Gasteiger partial charge in [-0.05, 0) is 31.9 Å². The van der Waals surface area contributed by atoms with Crippen molar-refractivity contribution in [3.63, 3.8) is 0 Å². The third-order valence-electron chi connectivity index (χ3n) is 3.07. The monoisotopic (exact) mass is 224 g/mol. The molecule has 1 N–H and O–H groups in total. The van der Waals surface area contributed by atoms with E-state index in [1.165, 1.54) is 0 Å². The smallest absolute Gasteiger partial charge is 0.303 e. The molecule has 1 aromatic heterocycles. The molecule has 4 nitrogen and oxygen atoms in total. The first-order valence-electron chi connectivity index (χ1n) is 5.49. The van der Waals surface area contributed by atoms with Crippen LogP contribution in [0.25, 0.3) is 0 Å². The first kappa shape index (κ1) is 11.2. The lowest BCUT2D eigenvalue weighted by atomic mass is 9.78. The van der Waals surface area contributed by atoms with Gasteiger partial charge in [0.2, 0.25) is 0 Å². The minimum absolute atomic E-state index is 0.0797. The first-order chi connectivity index (χ1) is 7.62. The van der Waals surface area contributed by atoms with Crippen LogP contribution in [0.2, 0.25) is 0 Å². The molecule has 2 rings (SSSR count). The lowest BCUT2D eigenvalue weighted by Gasteiger charge is -2.39. The van der Waals surface area contributed by atoms with Crippen LogP contribution < -0.4 is 0 Å². The molecule has 1 fully saturated rings. The van der Waals surface area contributed by atoms with Crippen molar-refractivity contribution in [3.8, 4) is 0 Å². The van der Waals surface area contributed by atoms with Crippen molar-refractivity contribution in [2.45, 2.75) is 31.6 Å². The second kappa shape index (κ2) is 4.29. The number of carboxylic acid groups (broad SMARTS) is 1. The van der Waals surface area contributed by atoms with Crippen molar-refractivity contribution >= 4 is 5.97 Å². The lowest BCUT2D eigenvalue weighted by Crippen LogP contribution is -2.46. The highest BCUT2D eigenvalue weighted by molar-refractivity contribution is 5.66. The fraction of sp³-hybridized carbons (Fsp3) is 0.583. The highest BCUT2D eigenvalue weighted by Crippen LogP contribution is 2.38. The molecule has 16 heavy (non-hydrogen) atoms. The van der Waals surface area contributed by atoms with Gasteiger partial charge in [0, 0.05) is 6.42 Å². The molecular formula is C12H16O4. The Hall–Kier alpha value is -1.29. The van der Waals surface area contributed by atoms with Crippen molar-refractivity contribution in [2.75, 3.05) is 13.2 Å². The van der Waals surface area contributed by atoms with E-state index in [1.54, 1.807) is 0 Å². The van der Waals surface area contributed by atoms with E-state index in [0.29, 0.717) is 19.6 Å². The van der Waals surface area contributed by atoms with E-state index in [0.717, 1.165) is 17.9 Å². The molecule has 4 heteroatoms. The number of furan rings is 1. The average Bonchev–Trinajstić information content (AvgIpc) is 2.56. The van der Waals surface area contributed by atoms with E-state index in [9.17, 15) is 4.79 Å². The van der Waals surface area contributed by atoms with Gasteiger partial charge in [-0.3, -0.25) is 4.79 Å². The van der Waals surface area contributed by atoms with Crippen LogP contribution in [0.1, 0.15) is 30.8 Å². The fourth-order valence-electron chi connectivity index (χ4n) is 2.06. The summed E-state index contributed by atoms with van der Waals surface area (Å²) in [5.74, 6) is 1.08. The SMILES string of the molecule is Cc1ccc(C2(CCCC(=O)O)COC2)o1. The molecule has 0 unspecified atom stereocenters. The standard InChI is InChI=1S/C12H16O4/c1-9-4-5-10(16-9)12(7-15-8-12)6-2-3-11(13)14/h4-5H,2-3,6-8H2,1H3,(H,13,14). The Morgan fingerprint density at radius 2 is 2.25 bits per heavy atom. The van der Waals surface area contributed by atoms with Gasteiger partial charge < -0.3 is 14.3 Å². The summed E-state index contributed by atoms with van der Waals surface area (Å²) >= 11 is 0. The topological polar surface area (TPSA) is 59.7 Å². The van der Waals surface area contributed by atoms with E-state index in [-0.39, 0.29) is 11.8 Å². The van der Waals surface area contributed by atoms with Gasteiger partial charge in [-0.15, -0.1) is 0 Å². The van der Waals surface area contributed by atoms with Crippen molar-refractivity contribution in [1.29, 1.82) is 0 Å². The molecule has 1 aliphatic heterocycles. The molecule has 1 aliphatic rings. The fourth-order valence-corrected chi connectivity index (χ4v) is 2.06. The Labute approximate surface area is 94.2 Å². The predicted molar refractivity (Wildman–Crippen MR) is 57.4 cm³/mol. The minimum Gasteiger partial charge on any atom is -0.481 e. The zero-order valence-electron chi connectivity index (χ0n) is 9.36. The zero-order chi connectivity index (χ0) is 11.6. The van der Waals surface area contributed by atoms with E-state index < -0.39 is 5.97 Å². The third kappa shape index (κ3) is 2.11. The van der Waals surface area contributed by atoms with Gasteiger partial charge in [0.05, 0.1) is 18.6 Å². The molecule has 0 bridgehead atoms.